The predicted molar refractivity (Wildman–Crippen MR) is 46.0 cm³/mol. The van der Waals surface area contributed by atoms with E-state index in [4.69, 9.17) is 5.73 Å². The van der Waals surface area contributed by atoms with E-state index in [1.807, 2.05) is 0 Å². The number of amides is 1. The van der Waals surface area contributed by atoms with Crippen molar-refractivity contribution in [2.24, 2.45) is 5.73 Å². The molecule has 0 radical (unpaired) electrons. The lowest BCUT2D eigenvalue weighted by Crippen LogP contribution is -2.36. The van der Waals surface area contributed by atoms with Crippen molar-refractivity contribution in [1.29, 1.82) is 0 Å². The third kappa shape index (κ3) is 4.05. The van der Waals surface area contributed by atoms with Gasteiger partial charge in [-0.1, -0.05) is 0 Å². The third-order valence-electron chi connectivity index (χ3n) is 2.11. The molecule has 15 heavy (non-hydrogen) atoms. The van der Waals surface area contributed by atoms with Gasteiger partial charge in [0.1, 0.15) is 6.61 Å². The molecule has 7 heteroatoms. The summed E-state index contributed by atoms with van der Waals surface area (Å²) in [6.45, 7) is -0.725. The number of hydrogen-bond donors (Lipinski definition) is 1. The highest BCUT2D eigenvalue weighted by atomic mass is 19.4. The van der Waals surface area contributed by atoms with Crippen LogP contribution in [0.15, 0.2) is 0 Å². The number of alkyl halides is 3. The Morgan fingerprint density at radius 1 is 1.53 bits per heavy atom. The van der Waals surface area contributed by atoms with Crippen LogP contribution in [0.4, 0.5) is 13.2 Å². The van der Waals surface area contributed by atoms with E-state index in [0.29, 0.717) is 13.0 Å². The van der Waals surface area contributed by atoms with Crippen LogP contribution < -0.4 is 5.73 Å². The van der Waals surface area contributed by atoms with Crippen molar-refractivity contribution in [3.63, 3.8) is 0 Å². The first-order valence-corrected chi connectivity index (χ1v) is 4.59. The molecule has 1 unspecified atom stereocenters. The Morgan fingerprint density at radius 3 is 2.67 bits per heavy atom. The minimum Gasteiger partial charge on any atom is -0.370 e. The largest absolute Gasteiger partial charge is 0.411 e. The lowest BCUT2D eigenvalue weighted by Gasteiger charge is -2.16. The molecule has 0 aliphatic carbocycles. The van der Waals surface area contributed by atoms with Crippen LogP contribution >= 0.6 is 0 Å². The molecule has 0 aromatic carbocycles. The first kappa shape index (κ1) is 12.3. The molecule has 1 aliphatic rings. The molecule has 1 aliphatic heterocycles. The number of carbonyl (C=O) groups excluding carboxylic acids is 1. The van der Waals surface area contributed by atoms with E-state index in [9.17, 15) is 18.0 Å². The molecule has 1 saturated heterocycles. The quantitative estimate of drug-likeness (QED) is 0.693. The van der Waals surface area contributed by atoms with Crippen molar-refractivity contribution in [2.75, 3.05) is 26.3 Å². The molecule has 1 heterocycles. The normalized spacial score (nSPS) is 22.5. The maximum absolute atomic E-state index is 11.7. The zero-order valence-corrected chi connectivity index (χ0v) is 8.09. The van der Waals surface area contributed by atoms with Gasteiger partial charge in [-0.25, -0.2) is 0 Å². The Balaban J connectivity index is 2.14. The van der Waals surface area contributed by atoms with Crippen LogP contribution in [0.25, 0.3) is 0 Å². The molecule has 0 aromatic heterocycles. The van der Waals surface area contributed by atoms with Crippen molar-refractivity contribution in [2.45, 2.75) is 18.6 Å². The fraction of sp³-hybridized carbons (Fsp3) is 0.875. The summed E-state index contributed by atoms with van der Waals surface area (Å²) in [5.74, 6) is -0.217. The second kappa shape index (κ2) is 4.80. The monoisotopic (exact) mass is 226 g/mol. The highest BCUT2D eigenvalue weighted by Crippen LogP contribution is 2.14. The van der Waals surface area contributed by atoms with Gasteiger partial charge < -0.3 is 15.4 Å². The Hall–Kier alpha value is -0.820. The number of halogens is 3. The lowest BCUT2D eigenvalue weighted by atomic mass is 10.3. The first-order valence-electron chi connectivity index (χ1n) is 4.59. The third-order valence-corrected chi connectivity index (χ3v) is 2.11. The van der Waals surface area contributed by atoms with Gasteiger partial charge in [-0.05, 0) is 6.42 Å². The summed E-state index contributed by atoms with van der Waals surface area (Å²) in [6.07, 6.45) is -3.76. The number of nitrogens with zero attached hydrogens (tertiary/aromatic N) is 1. The minimum absolute atomic E-state index is 0.113. The van der Waals surface area contributed by atoms with Gasteiger partial charge in [0.15, 0.2) is 0 Å². The molecule has 0 bridgehead atoms. The van der Waals surface area contributed by atoms with Crippen LogP contribution in [0, 0.1) is 0 Å². The summed E-state index contributed by atoms with van der Waals surface area (Å²) in [5, 5.41) is 0. The van der Waals surface area contributed by atoms with Crippen LogP contribution in [0.2, 0.25) is 0 Å². The van der Waals surface area contributed by atoms with E-state index in [1.54, 1.807) is 0 Å². The fourth-order valence-corrected chi connectivity index (χ4v) is 1.35. The van der Waals surface area contributed by atoms with E-state index in [0.717, 1.165) is 0 Å². The van der Waals surface area contributed by atoms with Gasteiger partial charge in [0.05, 0.1) is 12.6 Å². The summed E-state index contributed by atoms with van der Waals surface area (Å²) in [6, 6.07) is -0.507. The van der Waals surface area contributed by atoms with Crippen molar-refractivity contribution in [1.82, 2.24) is 4.90 Å². The SMILES string of the molecule is NC1CCN(CCOCC(F)(F)F)C1=O. The van der Waals surface area contributed by atoms with Gasteiger partial charge in [0.2, 0.25) is 5.91 Å². The van der Waals surface area contributed by atoms with E-state index in [1.165, 1.54) is 4.90 Å². The van der Waals surface area contributed by atoms with Gasteiger partial charge in [-0.2, -0.15) is 13.2 Å². The fourth-order valence-electron chi connectivity index (χ4n) is 1.35. The van der Waals surface area contributed by atoms with Crippen LogP contribution in [0.3, 0.4) is 0 Å². The van der Waals surface area contributed by atoms with E-state index >= 15 is 0 Å². The number of likely N-dealkylation sites (tertiary alicyclic amines) is 1. The van der Waals surface area contributed by atoms with E-state index < -0.39 is 18.8 Å². The number of nitrogens with two attached hydrogens (primary N) is 1. The molecule has 4 nitrogen and oxygen atoms in total. The Morgan fingerprint density at radius 2 is 2.20 bits per heavy atom. The topological polar surface area (TPSA) is 55.6 Å². The van der Waals surface area contributed by atoms with Gasteiger partial charge in [-0.15, -0.1) is 0 Å². The highest BCUT2D eigenvalue weighted by molar-refractivity contribution is 5.83. The van der Waals surface area contributed by atoms with Crippen LogP contribution in [-0.4, -0.2) is 49.3 Å². The molecule has 2 N–H and O–H groups in total. The summed E-state index contributed by atoms with van der Waals surface area (Å²) >= 11 is 0. The molecular weight excluding hydrogens is 213 g/mol. The summed E-state index contributed by atoms with van der Waals surface area (Å²) < 4.78 is 39.4. The molecule has 1 amide bonds. The van der Waals surface area contributed by atoms with Crippen LogP contribution in [0.1, 0.15) is 6.42 Å². The average molecular weight is 226 g/mol. The summed E-state index contributed by atoms with van der Waals surface area (Å²) in [4.78, 5) is 12.6. The second-order valence-electron chi connectivity index (χ2n) is 3.39. The standard InChI is InChI=1S/C8H13F3N2O2/c9-8(10,11)5-15-4-3-13-2-1-6(12)7(13)14/h6H,1-5,12H2. The molecule has 1 rings (SSSR count). The molecule has 88 valence electrons. The van der Waals surface area contributed by atoms with Crippen molar-refractivity contribution in [3.8, 4) is 0 Å². The van der Waals surface area contributed by atoms with Crippen LogP contribution in [-0.2, 0) is 9.53 Å². The Labute approximate surface area is 85.2 Å². The maximum Gasteiger partial charge on any atom is 0.411 e. The number of rotatable bonds is 4. The van der Waals surface area contributed by atoms with Crippen molar-refractivity contribution >= 4 is 5.91 Å². The summed E-state index contributed by atoms with van der Waals surface area (Å²) in [5.41, 5.74) is 5.43. The van der Waals surface area contributed by atoms with Gasteiger partial charge in [0, 0.05) is 13.1 Å². The maximum atomic E-state index is 11.7. The smallest absolute Gasteiger partial charge is 0.370 e. The van der Waals surface area contributed by atoms with Crippen molar-refractivity contribution in [3.05, 3.63) is 0 Å². The highest BCUT2D eigenvalue weighted by Gasteiger charge is 2.29. The van der Waals surface area contributed by atoms with Gasteiger partial charge in [-0.3, -0.25) is 4.79 Å². The molecule has 1 fully saturated rings. The average Bonchev–Trinajstić information content (AvgIpc) is 2.42. The Kier molecular flexibility index (Phi) is 3.92. The van der Waals surface area contributed by atoms with Gasteiger partial charge >= 0.3 is 6.18 Å². The van der Waals surface area contributed by atoms with E-state index in [-0.39, 0.29) is 19.1 Å². The lowest BCUT2D eigenvalue weighted by molar-refractivity contribution is -0.174. The van der Waals surface area contributed by atoms with E-state index in [2.05, 4.69) is 4.74 Å². The molecule has 0 aromatic rings. The first-order chi connectivity index (χ1) is 6.90. The number of hydrogen-bond acceptors (Lipinski definition) is 3. The van der Waals surface area contributed by atoms with Crippen molar-refractivity contribution < 1.29 is 22.7 Å². The Bertz CT molecular complexity index is 232. The second-order valence-corrected chi connectivity index (χ2v) is 3.39. The summed E-state index contributed by atoms with van der Waals surface area (Å²) in [7, 11) is 0. The van der Waals surface area contributed by atoms with Gasteiger partial charge in [0.25, 0.3) is 0 Å². The predicted octanol–water partition coefficient (Wildman–Crippen LogP) is 0.125. The molecule has 1 atom stereocenters. The molecule has 0 spiro atoms. The zero-order chi connectivity index (χ0) is 11.5. The zero-order valence-electron chi connectivity index (χ0n) is 8.09. The number of carbonyl (C=O) groups is 1. The van der Waals surface area contributed by atoms with Crippen LogP contribution in [0.5, 0.6) is 0 Å². The molecular formula is C8H13F3N2O2. The minimum atomic E-state index is -4.31. The number of ether oxygens (including phenoxy) is 1. The molecule has 0 saturated carbocycles.